The van der Waals surface area contributed by atoms with E-state index < -0.39 is 0 Å². The zero-order valence-electron chi connectivity index (χ0n) is 4.11. The van der Waals surface area contributed by atoms with Gasteiger partial charge in [-0.25, -0.2) is 0 Å². The Hall–Kier alpha value is 0.470. The molecule has 36 valence electrons. The molecule has 0 aromatic carbocycles. The molecule has 0 aliphatic heterocycles. The summed E-state index contributed by atoms with van der Waals surface area (Å²) in [6.45, 7) is 4.32. The van der Waals surface area contributed by atoms with Gasteiger partial charge in [0.2, 0.25) is 0 Å². The summed E-state index contributed by atoms with van der Waals surface area (Å²) < 4.78 is 2.04. The standard InChI is InChI=1S/C5H9I/c1-5(2)3-4-6/h3-5H,1-2H3. The highest BCUT2D eigenvalue weighted by atomic mass is 127. The summed E-state index contributed by atoms with van der Waals surface area (Å²) in [5.74, 6) is 0.710. The minimum atomic E-state index is 0.710. The van der Waals surface area contributed by atoms with Crippen LogP contribution in [-0.4, -0.2) is 0 Å². The predicted molar refractivity (Wildman–Crippen MR) is 38.0 cm³/mol. The Kier molecular flexibility index (Phi) is 3.94. The van der Waals surface area contributed by atoms with Crippen LogP contribution in [0.1, 0.15) is 13.8 Å². The van der Waals surface area contributed by atoms with Crippen LogP contribution in [0.25, 0.3) is 0 Å². The average Bonchev–Trinajstić information content (AvgIpc) is 1.35. The third-order valence-corrected chi connectivity index (χ3v) is 0.873. The molecule has 0 bridgehead atoms. The van der Waals surface area contributed by atoms with Gasteiger partial charge >= 0.3 is 0 Å². The SMILES string of the molecule is CC(C)C=CI. The second kappa shape index (κ2) is 3.65. The van der Waals surface area contributed by atoms with Crippen LogP contribution in [0.4, 0.5) is 0 Å². The lowest BCUT2D eigenvalue weighted by Crippen LogP contribution is -1.72. The first-order chi connectivity index (χ1) is 2.77. The molecule has 0 aliphatic carbocycles. The van der Waals surface area contributed by atoms with Crippen LogP contribution >= 0.6 is 22.6 Å². The molecule has 0 aliphatic rings. The molecule has 0 heterocycles. The maximum atomic E-state index is 2.22. The molecule has 0 rings (SSSR count). The van der Waals surface area contributed by atoms with E-state index in [9.17, 15) is 0 Å². The van der Waals surface area contributed by atoms with E-state index in [1.54, 1.807) is 0 Å². The third-order valence-electron chi connectivity index (χ3n) is 0.458. The quantitative estimate of drug-likeness (QED) is 0.565. The smallest absolute Gasteiger partial charge is 0.0271 e. The fourth-order valence-electron chi connectivity index (χ4n) is 0.145. The third kappa shape index (κ3) is 4.47. The van der Waals surface area contributed by atoms with E-state index in [1.165, 1.54) is 0 Å². The molecular formula is C5H9I. The Balaban J connectivity index is 3.03. The minimum Gasteiger partial charge on any atom is -0.0759 e. The zero-order valence-corrected chi connectivity index (χ0v) is 6.27. The summed E-state index contributed by atoms with van der Waals surface area (Å²) in [5.41, 5.74) is 0. The molecule has 0 radical (unpaired) electrons. The highest BCUT2D eigenvalue weighted by Gasteiger charge is 1.77. The van der Waals surface area contributed by atoms with Gasteiger partial charge in [0.15, 0.2) is 0 Å². The molecule has 0 unspecified atom stereocenters. The maximum absolute atomic E-state index is 2.22. The first-order valence-electron chi connectivity index (χ1n) is 2.04. The van der Waals surface area contributed by atoms with E-state index in [2.05, 4.69) is 42.5 Å². The van der Waals surface area contributed by atoms with Crippen molar-refractivity contribution >= 4 is 22.6 Å². The van der Waals surface area contributed by atoms with Gasteiger partial charge in [-0.05, 0) is 10.0 Å². The van der Waals surface area contributed by atoms with Gasteiger partial charge < -0.3 is 0 Å². The van der Waals surface area contributed by atoms with Crippen molar-refractivity contribution in [1.29, 1.82) is 0 Å². The highest BCUT2D eigenvalue weighted by Crippen LogP contribution is 1.95. The van der Waals surface area contributed by atoms with Crippen LogP contribution in [0.2, 0.25) is 0 Å². The first-order valence-corrected chi connectivity index (χ1v) is 3.29. The largest absolute Gasteiger partial charge is 0.0759 e. The average molecular weight is 196 g/mol. The van der Waals surface area contributed by atoms with Crippen molar-refractivity contribution in [3.63, 3.8) is 0 Å². The van der Waals surface area contributed by atoms with Crippen LogP contribution in [0.5, 0.6) is 0 Å². The summed E-state index contributed by atoms with van der Waals surface area (Å²) >= 11 is 2.22. The van der Waals surface area contributed by atoms with Gasteiger partial charge in [0.25, 0.3) is 0 Å². The Morgan fingerprint density at radius 2 is 2.00 bits per heavy atom. The van der Waals surface area contributed by atoms with Crippen LogP contribution in [0, 0.1) is 5.92 Å². The normalized spacial score (nSPS) is 11.3. The van der Waals surface area contributed by atoms with E-state index >= 15 is 0 Å². The second-order valence-corrected chi connectivity index (χ2v) is 2.28. The Morgan fingerprint density at radius 3 is 2.00 bits per heavy atom. The molecule has 0 saturated carbocycles. The van der Waals surface area contributed by atoms with Gasteiger partial charge in [-0.3, -0.25) is 0 Å². The van der Waals surface area contributed by atoms with Gasteiger partial charge in [-0.2, -0.15) is 0 Å². The number of hydrogen-bond acceptors (Lipinski definition) is 0. The zero-order chi connectivity index (χ0) is 4.99. The summed E-state index contributed by atoms with van der Waals surface area (Å²) in [6.07, 6.45) is 2.15. The molecule has 1 heteroatoms. The lowest BCUT2D eigenvalue weighted by molar-refractivity contribution is 0.834. The van der Waals surface area contributed by atoms with E-state index in [1.807, 2.05) is 4.08 Å². The first kappa shape index (κ1) is 6.47. The molecule has 0 fully saturated rings. The van der Waals surface area contributed by atoms with Gasteiger partial charge in [0.1, 0.15) is 0 Å². The molecule has 0 aromatic rings. The Bertz CT molecular complexity index is 45.9. The van der Waals surface area contributed by atoms with Crippen LogP contribution in [0.3, 0.4) is 0 Å². The van der Waals surface area contributed by atoms with E-state index in [4.69, 9.17) is 0 Å². The molecule has 0 amide bonds. The maximum Gasteiger partial charge on any atom is -0.0271 e. The van der Waals surface area contributed by atoms with E-state index in [0.29, 0.717) is 5.92 Å². The fraction of sp³-hybridized carbons (Fsp3) is 0.600. The van der Waals surface area contributed by atoms with Crippen molar-refractivity contribution in [3.8, 4) is 0 Å². The summed E-state index contributed by atoms with van der Waals surface area (Å²) in [7, 11) is 0. The van der Waals surface area contributed by atoms with Crippen LogP contribution in [-0.2, 0) is 0 Å². The molecule has 6 heavy (non-hydrogen) atoms. The van der Waals surface area contributed by atoms with Crippen LogP contribution < -0.4 is 0 Å². The van der Waals surface area contributed by atoms with Crippen molar-refractivity contribution in [3.05, 3.63) is 10.2 Å². The van der Waals surface area contributed by atoms with Gasteiger partial charge in [-0.15, -0.1) is 0 Å². The second-order valence-electron chi connectivity index (χ2n) is 1.56. The summed E-state index contributed by atoms with van der Waals surface area (Å²) in [6, 6.07) is 0. The van der Waals surface area contributed by atoms with Gasteiger partial charge in [-0.1, -0.05) is 42.5 Å². The highest BCUT2D eigenvalue weighted by molar-refractivity contribution is 14.1. The lowest BCUT2D eigenvalue weighted by atomic mass is 10.2. The predicted octanol–water partition coefficient (Wildman–Crippen LogP) is 2.59. The molecule has 0 spiro atoms. The number of halogens is 1. The van der Waals surface area contributed by atoms with Crippen LogP contribution in [0.15, 0.2) is 10.2 Å². The van der Waals surface area contributed by atoms with Crippen molar-refractivity contribution in [2.75, 3.05) is 0 Å². The van der Waals surface area contributed by atoms with Crippen molar-refractivity contribution in [1.82, 2.24) is 0 Å². The molecule has 0 N–H and O–H groups in total. The lowest BCUT2D eigenvalue weighted by Gasteiger charge is -1.86. The van der Waals surface area contributed by atoms with E-state index in [-0.39, 0.29) is 0 Å². The molecular weight excluding hydrogens is 187 g/mol. The monoisotopic (exact) mass is 196 g/mol. The molecule has 0 saturated heterocycles. The molecule has 0 aromatic heterocycles. The number of hydrogen-bond donors (Lipinski definition) is 0. The number of rotatable bonds is 1. The topological polar surface area (TPSA) is 0 Å². The van der Waals surface area contributed by atoms with Crippen molar-refractivity contribution in [2.45, 2.75) is 13.8 Å². The van der Waals surface area contributed by atoms with Crippen molar-refractivity contribution < 1.29 is 0 Å². The van der Waals surface area contributed by atoms with Crippen molar-refractivity contribution in [2.24, 2.45) is 5.92 Å². The van der Waals surface area contributed by atoms with Gasteiger partial charge in [0.05, 0.1) is 0 Å². The molecule has 0 atom stereocenters. The summed E-state index contributed by atoms with van der Waals surface area (Å²) in [4.78, 5) is 0. The molecule has 0 nitrogen and oxygen atoms in total. The Morgan fingerprint density at radius 1 is 1.50 bits per heavy atom. The Labute approximate surface area is 52.8 Å². The van der Waals surface area contributed by atoms with Gasteiger partial charge in [0, 0.05) is 0 Å². The van der Waals surface area contributed by atoms with E-state index in [0.717, 1.165) is 0 Å². The fourth-order valence-corrected chi connectivity index (χ4v) is 0.976. The number of allylic oxidation sites excluding steroid dienone is 1. The minimum absolute atomic E-state index is 0.710. The summed E-state index contributed by atoms with van der Waals surface area (Å²) in [5, 5.41) is 0.